The molecule has 4 heteroatoms. The van der Waals surface area contributed by atoms with Gasteiger partial charge in [0.1, 0.15) is 0 Å². The fourth-order valence-corrected chi connectivity index (χ4v) is 8.10. The zero-order valence-electron chi connectivity index (χ0n) is 28.6. The highest BCUT2D eigenvalue weighted by molar-refractivity contribution is 6.36. The topological polar surface area (TPSA) is 42.3 Å². The predicted molar refractivity (Wildman–Crippen MR) is 209 cm³/mol. The van der Waals surface area contributed by atoms with Gasteiger partial charge in [-0.15, -0.1) is 0 Å². The molecule has 0 aliphatic carbocycles. The van der Waals surface area contributed by atoms with Gasteiger partial charge in [0.25, 0.3) is 11.8 Å². The van der Waals surface area contributed by atoms with Gasteiger partial charge in [-0.1, -0.05) is 121 Å². The number of amides is 2. The van der Waals surface area contributed by atoms with E-state index in [1.165, 1.54) is 27.2 Å². The van der Waals surface area contributed by atoms with E-state index in [1.54, 1.807) is 6.07 Å². The number of para-hydroxylation sites is 2. The van der Waals surface area contributed by atoms with Crippen molar-refractivity contribution in [3.63, 3.8) is 0 Å². The van der Waals surface area contributed by atoms with Crippen LogP contribution in [0.15, 0.2) is 152 Å². The molecule has 9 rings (SSSR count). The Morgan fingerprint density at radius 3 is 1.69 bits per heavy atom. The maximum atomic E-state index is 14.9. The van der Waals surface area contributed by atoms with Crippen LogP contribution in [-0.2, 0) is 0 Å². The molecule has 0 bridgehead atoms. The van der Waals surface area contributed by atoms with Crippen molar-refractivity contribution in [3.05, 3.63) is 179 Å². The summed E-state index contributed by atoms with van der Waals surface area (Å²) in [6.07, 6.45) is 0. The second kappa shape index (κ2) is 11.8. The fourth-order valence-electron chi connectivity index (χ4n) is 8.10. The molecule has 1 aliphatic rings. The average molecular weight is 659 g/mol. The molecule has 0 radical (unpaired) electrons. The number of carbonyl (C=O) groups excluding carboxylic acids is 2. The Kier molecular flexibility index (Phi) is 7.08. The summed E-state index contributed by atoms with van der Waals surface area (Å²) in [6.45, 7) is 6.45. The maximum Gasteiger partial charge on any atom is 0.268 e. The Morgan fingerprint density at radius 1 is 0.451 bits per heavy atom. The van der Waals surface area contributed by atoms with Crippen molar-refractivity contribution < 1.29 is 9.59 Å². The average Bonchev–Trinajstić information content (AvgIpc) is 3.63. The van der Waals surface area contributed by atoms with Crippen molar-refractivity contribution in [1.82, 2.24) is 4.57 Å². The molecular weight excluding hydrogens is 625 g/mol. The van der Waals surface area contributed by atoms with Crippen molar-refractivity contribution in [2.75, 3.05) is 4.90 Å². The van der Waals surface area contributed by atoms with Crippen molar-refractivity contribution in [2.45, 2.75) is 20.8 Å². The van der Waals surface area contributed by atoms with E-state index in [0.717, 1.165) is 49.6 Å². The van der Waals surface area contributed by atoms with Gasteiger partial charge in [-0.25, -0.2) is 4.90 Å². The number of aromatic nitrogens is 1. The van der Waals surface area contributed by atoms with Crippen molar-refractivity contribution in [1.29, 1.82) is 0 Å². The summed E-state index contributed by atoms with van der Waals surface area (Å²) < 4.78 is 2.20. The van der Waals surface area contributed by atoms with E-state index in [0.29, 0.717) is 22.5 Å². The van der Waals surface area contributed by atoms with E-state index in [-0.39, 0.29) is 11.8 Å². The van der Waals surface area contributed by atoms with Gasteiger partial charge >= 0.3 is 0 Å². The van der Waals surface area contributed by atoms with Crippen LogP contribution >= 0.6 is 0 Å². The van der Waals surface area contributed by atoms with Crippen molar-refractivity contribution in [2.24, 2.45) is 0 Å². The van der Waals surface area contributed by atoms with Crippen LogP contribution in [0.5, 0.6) is 0 Å². The first-order valence-corrected chi connectivity index (χ1v) is 17.3. The maximum absolute atomic E-state index is 14.9. The molecule has 0 N–H and O–H groups in total. The number of aryl methyl sites for hydroxylation is 3. The lowest BCUT2D eigenvalue weighted by molar-refractivity contribution is 0.0926. The number of nitrogens with zero attached hydrogens (tertiary/aromatic N) is 2. The van der Waals surface area contributed by atoms with Crippen molar-refractivity contribution >= 4 is 39.3 Å². The van der Waals surface area contributed by atoms with E-state index in [1.807, 2.05) is 91.0 Å². The minimum Gasteiger partial charge on any atom is -0.308 e. The van der Waals surface area contributed by atoms with Crippen LogP contribution in [0.2, 0.25) is 0 Å². The SMILES string of the molecule is Cc1cc(C)c(-c2cccc3c4ccccc4n(-c4cccc5c4C(=O)N(c4cc(-c6ccccc6)cc(-c6ccccc6)c4)C5=O)c23)c(C)c1. The van der Waals surface area contributed by atoms with Gasteiger partial charge in [0.05, 0.1) is 33.5 Å². The van der Waals surface area contributed by atoms with Gasteiger partial charge in [0.2, 0.25) is 0 Å². The van der Waals surface area contributed by atoms with Gasteiger partial charge in [-0.2, -0.15) is 0 Å². The van der Waals surface area contributed by atoms with Crippen LogP contribution in [-0.4, -0.2) is 16.4 Å². The highest BCUT2D eigenvalue weighted by atomic mass is 16.2. The summed E-state index contributed by atoms with van der Waals surface area (Å²) in [4.78, 5) is 30.7. The standard InChI is InChI=1S/C47H34N2O2/c1-29-24-30(2)43(31(3)25-29)39-20-12-19-38-37-18-10-11-22-41(37)49(45(38)39)42-23-13-21-40-44(42)47(51)48(46(40)50)36-27-34(32-14-6-4-7-15-32)26-35(28-36)33-16-8-5-9-17-33/h4-28H,1-3H3. The summed E-state index contributed by atoms with van der Waals surface area (Å²) in [6, 6.07) is 51.0. The highest BCUT2D eigenvalue weighted by Gasteiger charge is 2.40. The minimum atomic E-state index is -0.332. The lowest BCUT2D eigenvalue weighted by atomic mass is 9.92. The molecule has 244 valence electrons. The molecule has 7 aromatic carbocycles. The van der Waals surface area contributed by atoms with Gasteiger partial charge in [0, 0.05) is 16.3 Å². The Balaban J connectivity index is 1.28. The Hall–Kier alpha value is -6.52. The smallest absolute Gasteiger partial charge is 0.268 e. The zero-order valence-corrected chi connectivity index (χ0v) is 28.6. The first-order valence-electron chi connectivity index (χ1n) is 17.3. The second-order valence-electron chi connectivity index (χ2n) is 13.5. The first kappa shape index (κ1) is 30.5. The van der Waals surface area contributed by atoms with E-state index in [4.69, 9.17) is 0 Å². The fraction of sp³-hybridized carbons (Fsp3) is 0.0638. The number of anilines is 1. The molecule has 0 saturated heterocycles. The van der Waals surface area contributed by atoms with E-state index >= 15 is 0 Å². The van der Waals surface area contributed by atoms with E-state index in [2.05, 4.69) is 79.9 Å². The summed E-state index contributed by atoms with van der Waals surface area (Å²) in [5, 5.41) is 2.18. The zero-order chi connectivity index (χ0) is 34.8. The lowest BCUT2D eigenvalue weighted by Gasteiger charge is -2.18. The Bertz CT molecular complexity index is 2620. The van der Waals surface area contributed by atoms with E-state index in [9.17, 15) is 9.59 Å². The second-order valence-corrected chi connectivity index (χ2v) is 13.5. The number of hydrogen-bond acceptors (Lipinski definition) is 2. The molecule has 0 saturated carbocycles. The minimum absolute atomic E-state index is 0.327. The largest absolute Gasteiger partial charge is 0.308 e. The van der Waals surface area contributed by atoms with Crippen molar-refractivity contribution in [3.8, 4) is 39.1 Å². The number of benzene rings is 7. The summed E-state index contributed by atoms with van der Waals surface area (Å²) in [5.41, 5.74) is 13.8. The summed E-state index contributed by atoms with van der Waals surface area (Å²) >= 11 is 0. The quantitative estimate of drug-likeness (QED) is 0.173. The molecule has 8 aromatic rings. The van der Waals surface area contributed by atoms with E-state index < -0.39 is 0 Å². The monoisotopic (exact) mass is 658 g/mol. The molecule has 51 heavy (non-hydrogen) atoms. The predicted octanol–water partition coefficient (Wildman–Crippen LogP) is 11.5. The summed E-state index contributed by atoms with van der Waals surface area (Å²) in [5.74, 6) is -0.659. The number of imide groups is 1. The number of carbonyl (C=O) groups is 2. The number of hydrogen-bond donors (Lipinski definition) is 0. The normalized spacial score (nSPS) is 12.6. The molecule has 2 amide bonds. The van der Waals surface area contributed by atoms with Gasteiger partial charge in [-0.05, 0) is 96.1 Å². The summed E-state index contributed by atoms with van der Waals surface area (Å²) in [7, 11) is 0. The first-order chi connectivity index (χ1) is 24.9. The molecule has 0 unspecified atom stereocenters. The third-order valence-corrected chi connectivity index (χ3v) is 10.2. The highest BCUT2D eigenvalue weighted by Crippen LogP contribution is 2.43. The van der Waals surface area contributed by atoms with Crippen LogP contribution in [0.1, 0.15) is 37.4 Å². The Morgan fingerprint density at radius 2 is 1.02 bits per heavy atom. The van der Waals surface area contributed by atoms with Crippen LogP contribution in [0.25, 0.3) is 60.9 Å². The van der Waals surface area contributed by atoms with Crippen LogP contribution < -0.4 is 4.90 Å². The molecule has 1 aliphatic heterocycles. The lowest BCUT2D eigenvalue weighted by Crippen LogP contribution is -2.29. The van der Waals surface area contributed by atoms with Crippen LogP contribution in [0, 0.1) is 20.8 Å². The molecule has 0 spiro atoms. The molecule has 0 atom stereocenters. The molecule has 0 fully saturated rings. The van der Waals surface area contributed by atoms with Gasteiger partial charge in [0.15, 0.2) is 0 Å². The Labute approximate surface area is 296 Å². The third kappa shape index (κ3) is 4.83. The van der Waals surface area contributed by atoms with Gasteiger partial charge < -0.3 is 4.57 Å². The third-order valence-electron chi connectivity index (χ3n) is 10.2. The van der Waals surface area contributed by atoms with Crippen LogP contribution in [0.4, 0.5) is 5.69 Å². The molecule has 2 heterocycles. The van der Waals surface area contributed by atoms with Crippen LogP contribution in [0.3, 0.4) is 0 Å². The van der Waals surface area contributed by atoms with Gasteiger partial charge in [-0.3, -0.25) is 9.59 Å². The molecule has 1 aromatic heterocycles. The molecular formula is C47H34N2O2. The molecule has 4 nitrogen and oxygen atoms in total. The number of rotatable bonds is 5. The number of fused-ring (bicyclic) bond motifs is 4.